The molecule has 1 aliphatic rings. The minimum Gasteiger partial charge on any atom is -0.486 e. The maximum absolute atomic E-state index is 14.0. The number of rotatable bonds is 9. The molecule has 1 heterocycles. The molecule has 1 N–H and O–H groups in total. The molecule has 0 spiro atoms. The monoisotopic (exact) mass is 601 g/mol. The van der Waals surface area contributed by atoms with Crippen LogP contribution in [-0.4, -0.2) is 56.5 Å². The number of hydrogen-bond acceptors (Lipinski definition) is 6. The maximum atomic E-state index is 14.0. The van der Waals surface area contributed by atoms with Gasteiger partial charge in [0.2, 0.25) is 11.8 Å². The third kappa shape index (κ3) is 7.35. The second kappa shape index (κ2) is 12.4. The Labute approximate surface area is 244 Å². The van der Waals surface area contributed by atoms with E-state index in [1.807, 2.05) is 0 Å². The van der Waals surface area contributed by atoms with Gasteiger partial charge in [-0.05, 0) is 81.8 Å². The number of carbonyl (C=O) groups excluding carboxylic acids is 2. The molecule has 42 heavy (non-hydrogen) atoms. The number of sulfonamides is 1. The van der Waals surface area contributed by atoms with E-state index in [-0.39, 0.29) is 29.5 Å². The van der Waals surface area contributed by atoms with Crippen molar-refractivity contribution < 1.29 is 36.3 Å². The van der Waals surface area contributed by atoms with Crippen LogP contribution in [0.1, 0.15) is 33.3 Å². The minimum absolute atomic E-state index is 0.0353. The molecule has 12 heteroatoms. The first-order valence-corrected chi connectivity index (χ1v) is 14.7. The summed E-state index contributed by atoms with van der Waals surface area (Å²) in [6, 6.07) is 13.2. The van der Waals surface area contributed by atoms with Crippen molar-refractivity contribution in [2.75, 3.05) is 24.1 Å². The fraction of sp³-hybridized carbons (Fsp3) is 0.333. The predicted octanol–water partition coefficient (Wildman–Crippen LogP) is 4.26. The number of ether oxygens (including phenoxy) is 2. The molecule has 2 amide bonds. The first kappa shape index (κ1) is 30.8. The molecule has 9 nitrogen and oxygen atoms in total. The van der Waals surface area contributed by atoms with Gasteiger partial charge >= 0.3 is 0 Å². The Bertz CT molecular complexity index is 1540. The highest BCUT2D eigenvalue weighted by molar-refractivity contribution is 7.92. The van der Waals surface area contributed by atoms with Crippen LogP contribution in [0.15, 0.2) is 71.6 Å². The van der Waals surface area contributed by atoms with E-state index in [9.17, 15) is 26.8 Å². The van der Waals surface area contributed by atoms with Gasteiger partial charge in [-0.1, -0.05) is 12.1 Å². The Morgan fingerprint density at radius 2 is 1.48 bits per heavy atom. The van der Waals surface area contributed by atoms with Crippen molar-refractivity contribution in [2.24, 2.45) is 0 Å². The van der Waals surface area contributed by atoms with Crippen LogP contribution < -0.4 is 19.1 Å². The van der Waals surface area contributed by atoms with E-state index in [1.165, 1.54) is 66.4 Å². The quantitative estimate of drug-likeness (QED) is 0.393. The van der Waals surface area contributed by atoms with Gasteiger partial charge in [-0.25, -0.2) is 17.2 Å². The molecule has 1 atom stereocenters. The molecule has 0 bridgehead atoms. The van der Waals surface area contributed by atoms with Crippen molar-refractivity contribution in [1.29, 1.82) is 0 Å². The van der Waals surface area contributed by atoms with E-state index in [2.05, 4.69) is 5.32 Å². The van der Waals surface area contributed by atoms with Crippen LogP contribution in [0, 0.1) is 11.6 Å². The van der Waals surface area contributed by atoms with Crippen molar-refractivity contribution in [3.63, 3.8) is 0 Å². The van der Waals surface area contributed by atoms with Crippen LogP contribution in [-0.2, 0) is 26.2 Å². The zero-order valence-electron chi connectivity index (χ0n) is 23.8. The Morgan fingerprint density at radius 3 is 2.07 bits per heavy atom. The summed E-state index contributed by atoms with van der Waals surface area (Å²) in [5, 5.41) is 2.83. The number of nitrogens with zero attached hydrogens (tertiary/aromatic N) is 2. The standard InChI is InChI=1S/C30H33F2N3O6S/c1-20(29(37)33-30(2,3)4)34(18-21-5-7-22(31)8-6-21)28(36)19-35(24-11-9-23(32)10-12-24)42(38,39)25-13-14-26-27(17-25)41-16-15-40-26/h5-14,17,20H,15-16,18-19H2,1-4H3,(H,33,37)/t20-/m0/s1. The Kier molecular flexibility index (Phi) is 9.05. The summed E-state index contributed by atoms with van der Waals surface area (Å²) in [4.78, 5) is 28.1. The zero-order valence-corrected chi connectivity index (χ0v) is 24.6. The normalized spacial score (nSPS) is 13.7. The number of hydrogen-bond donors (Lipinski definition) is 1. The Hall–Kier alpha value is -4.19. The molecule has 4 rings (SSSR count). The number of carbonyl (C=O) groups is 2. The topological polar surface area (TPSA) is 105 Å². The molecule has 0 aliphatic carbocycles. The van der Waals surface area contributed by atoms with Crippen molar-refractivity contribution >= 4 is 27.5 Å². The van der Waals surface area contributed by atoms with Crippen LogP contribution in [0.5, 0.6) is 11.5 Å². The number of amides is 2. The number of fused-ring (bicyclic) bond motifs is 1. The van der Waals surface area contributed by atoms with Gasteiger partial charge in [0.1, 0.15) is 37.4 Å². The lowest BCUT2D eigenvalue weighted by molar-refractivity contribution is -0.140. The minimum atomic E-state index is -4.40. The first-order valence-electron chi connectivity index (χ1n) is 13.3. The number of anilines is 1. The lowest BCUT2D eigenvalue weighted by atomic mass is 10.1. The smallest absolute Gasteiger partial charge is 0.264 e. The molecule has 0 saturated heterocycles. The Morgan fingerprint density at radius 1 is 0.905 bits per heavy atom. The van der Waals surface area contributed by atoms with Crippen LogP contribution in [0.3, 0.4) is 0 Å². The van der Waals surface area contributed by atoms with E-state index in [0.717, 1.165) is 16.4 Å². The van der Waals surface area contributed by atoms with Gasteiger partial charge in [-0.15, -0.1) is 0 Å². The number of nitrogens with one attached hydrogen (secondary N) is 1. The van der Waals surface area contributed by atoms with Gasteiger partial charge in [0.05, 0.1) is 10.6 Å². The molecular formula is C30H33F2N3O6S. The maximum Gasteiger partial charge on any atom is 0.264 e. The Balaban J connectivity index is 1.72. The van der Waals surface area contributed by atoms with E-state index in [1.54, 1.807) is 20.8 Å². The van der Waals surface area contributed by atoms with Crippen LogP contribution in [0.25, 0.3) is 0 Å². The van der Waals surface area contributed by atoms with Gasteiger partial charge in [-0.3, -0.25) is 13.9 Å². The van der Waals surface area contributed by atoms with Crippen molar-refractivity contribution in [3.05, 3.63) is 83.9 Å². The van der Waals surface area contributed by atoms with E-state index < -0.39 is 51.6 Å². The molecular weight excluding hydrogens is 568 g/mol. The fourth-order valence-corrected chi connectivity index (χ4v) is 5.72. The van der Waals surface area contributed by atoms with E-state index in [0.29, 0.717) is 17.9 Å². The molecule has 0 aromatic heterocycles. The lowest BCUT2D eigenvalue weighted by Gasteiger charge is -2.33. The molecule has 0 saturated carbocycles. The third-order valence-corrected chi connectivity index (χ3v) is 8.20. The molecule has 3 aromatic rings. The van der Waals surface area contributed by atoms with Crippen molar-refractivity contribution in [2.45, 2.75) is 50.7 Å². The molecule has 0 unspecified atom stereocenters. The average Bonchev–Trinajstić information content (AvgIpc) is 2.94. The SMILES string of the molecule is C[C@@H](C(=O)NC(C)(C)C)N(Cc1ccc(F)cc1)C(=O)CN(c1ccc(F)cc1)S(=O)(=O)c1ccc2c(c1)OCCO2. The van der Waals surface area contributed by atoms with Gasteiger partial charge in [0.15, 0.2) is 11.5 Å². The summed E-state index contributed by atoms with van der Waals surface area (Å²) in [7, 11) is -4.40. The second-order valence-corrected chi connectivity index (χ2v) is 12.7. The van der Waals surface area contributed by atoms with E-state index in [4.69, 9.17) is 9.47 Å². The highest BCUT2D eigenvalue weighted by Crippen LogP contribution is 2.34. The lowest BCUT2D eigenvalue weighted by Crippen LogP contribution is -2.54. The summed E-state index contributed by atoms with van der Waals surface area (Å²) >= 11 is 0. The summed E-state index contributed by atoms with van der Waals surface area (Å²) in [5.74, 6) is -1.61. The molecule has 0 fully saturated rings. The molecule has 3 aromatic carbocycles. The highest BCUT2D eigenvalue weighted by atomic mass is 32.2. The highest BCUT2D eigenvalue weighted by Gasteiger charge is 2.34. The van der Waals surface area contributed by atoms with Gasteiger partial charge in [0, 0.05) is 18.2 Å². The largest absolute Gasteiger partial charge is 0.486 e. The first-order chi connectivity index (χ1) is 19.7. The summed E-state index contributed by atoms with van der Waals surface area (Å²) in [5.41, 5.74) is -0.0335. The average molecular weight is 602 g/mol. The van der Waals surface area contributed by atoms with Crippen LogP contribution in [0.2, 0.25) is 0 Å². The van der Waals surface area contributed by atoms with Crippen molar-refractivity contribution in [3.8, 4) is 11.5 Å². The third-order valence-electron chi connectivity index (χ3n) is 6.43. The fourth-order valence-electron chi connectivity index (χ4n) is 4.29. The second-order valence-electron chi connectivity index (χ2n) is 10.9. The molecule has 1 aliphatic heterocycles. The van der Waals surface area contributed by atoms with Gasteiger partial charge in [-0.2, -0.15) is 0 Å². The summed E-state index contributed by atoms with van der Waals surface area (Å²) in [6.45, 7) is 6.65. The van der Waals surface area contributed by atoms with E-state index >= 15 is 0 Å². The predicted molar refractivity (Wildman–Crippen MR) is 153 cm³/mol. The molecule has 224 valence electrons. The van der Waals surface area contributed by atoms with Gasteiger partial charge < -0.3 is 19.7 Å². The number of benzene rings is 3. The van der Waals surface area contributed by atoms with Crippen LogP contribution >= 0.6 is 0 Å². The van der Waals surface area contributed by atoms with Gasteiger partial charge in [0.25, 0.3) is 10.0 Å². The number of halogens is 2. The van der Waals surface area contributed by atoms with Crippen LogP contribution in [0.4, 0.5) is 14.5 Å². The summed E-state index contributed by atoms with van der Waals surface area (Å²) in [6.07, 6.45) is 0. The summed E-state index contributed by atoms with van der Waals surface area (Å²) < 4.78 is 67.3. The zero-order chi connectivity index (χ0) is 30.7. The van der Waals surface area contributed by atoms with Crippen molar-refractivity contribution in [1.82, 2.24) is 10.2 Å². The molecule has 0 radical (unpaired) electrons.